The predicted molar refractivity (Wildman–Crippen MR) is 151 cm³/mol. The van der Waals surface area contributed by atoms with Crippen LogP contribution < -0.4 is 0 Å². The first-order valence-corrected chi connectivity index (χ1v) is 13.9. The van der Waals surface area contributed by atoms with Gasteiger partial charge in [-0.05, 0) is 60.7 Å². The van der Waals surface area contributed by atoms with Gasteiger partial charge in [0.05, 0.1) is 23.8 Å². The van der Waals surface area contributed by atoms with E-state index in [1.165, 1.54) is 19.2 Å². The van der Waals surface area contributed by atoms with E-state index in [2.05, 4.69) is 4.98 Å². The van der Waals surface area contributed by atoms with Crippen LogP contribution in [0.5, 0.6) is 0 Å². The molecule has 0 bridgehead atoms. The lowest BCUT2D eigenvalue weighted by atomic mass is 9.86. The summed E-state index contributed by atoms with van der Waals surface area (Å²) in [6.45, 7) is 0.443. The number of fused-ring (bicyclic) bond motifs is 1. The van der Waals surface area contributed by atoms with Crippen LogP contribution in [0.3, 0.4) is 0 Å². The minimum atomic E-state index is -2.57. The average molecular weight is 617 g/mol. The molecule has 0 spiro atoms. The Morgan fingerprint density at radius 1 is 1.07 bits per heavy atom. The molecule has 2 N–H and O–H groups in total. The number of aliphatic carboxylic acids is 1. The Morgan fingerprint density at radius 2 is 1.76 bits per heavy atom. The first kappa shape index (κ1) is 30.1. The lowest BCUT2D eigenvalue weighted by Crippen LogP contribution is -2.52. The minimum Gasteiger partial charge on any atom is -0.480 e. The van der Waals surface area contributed by atoms with Gasteiger partial charge in [0, 0.05) is 34.3 Å². The van der Waals surface area contributed by atoms with Crippen molar-refractivity contribution in [1.29, 1.82) is 0 Å². The van der Waals surface area contributed by atoms with E-state index in [0.717, 1.165) is 0 Å². The second-order valence-electron chi connectivity index (χ2n) is 10.6. The van der Waals surface area contributed by atoms with Crippen LogP contribution in [0.25, 0.3) is 11.1 Å². The quantitative estimate of drug-likeness (QED) is 0.273. The number of pyridine rings is 1. The van der Waals surface area contributed by atoms with Crippen molar-refractivity contribution in [3.8, 4) is 11.1 Å². The Labute approximate surface area is 250 Å². The summed E-state index contributed by atoms with van der Waals surface area (Å²) in [6.07, 6.45) is 1.03. The molecule has 3 aromatic rings. The standard InChI is InChI=1S/C30H27Cl2FN2O7/c1-17(36)27(39)30(42-16-29(10-11-29)15-41-14-25(37)38)24-9-8-22(18-2-4-19(31)5-3-18)23(26(24)28(40)35(30)33)12-21-7-6-20(32)13-34-21/h2-9,13,17,36H,10-12,14-16H2,1H3,(H,37,38)/t17?,30-/m1/s1. The minimum absolute atomic E-state index is 0.00826. The lowest BCUT2D eigenvalue weighted by molar-refractivity contribution is -0.219. The number of carbonyl (C=O) groups excluding carboxylic acids is 2. The van der Waals surface area contributed by atoms with Crippen LogP contribution in [0.4, 0.5) is 4.48 Å². The second-order valence-corrected chi connectivity index (χ2v) is 11.5. The van der Waals surface area contributed by atoms with Crippen molar-refractivity contribution in [1.82, 2.24) is 10.1 Å². The fraction of sp³-hybridized carbons (Fsp3) is 0.333. The number of Topliss-reactive ketones (excluding diaryl/α,β-unsaturated/α-hetero) is 1. The van der Waals surface area contributed by atoms with Gasteiger partial charge >= 0.3 is 5.97 Å². The molecule has 12 heteroatoms. The molecular weight excluding hydrogens is 590 g/mol. The molecule has 0 radical (unpaired) electrons. The Hall–Kier alpha value is -3.41. The summed E-state index contributed by atoms with van der Waals surface area (Å²) < 4.78 is 27.5. The highest BCUT2D eigenvalue weighted by atomic mass is 35.5. The van der Waals surface area contributed by atoms with Gasteiger partial charge in [-0.1, -0.05) is 51.9 Å². The number of aromatic nitrogens is 1. The van der Waals surface area contributed by atoms with Gasteiger partial charge in [0.1, 0.15) is 12.7 Å². The van der Waals surface area contributed by atoms with Crippen molar-refractivity contribution in [2.75, 3.05) is 19.8 Å². The number of ether oxygens (including phenoxy) is 2. The number of carboxylic acid groups (broad SMARTS) is 1. The fourth-order valence-corrected chi connectivity index (χ4v) is 5.37. The molecule has 2 aliphatic rings. The van der Waals surface area contributed by atoms with E-state index >= 15 is 4.48 Å². The number of hydrogen-bond acceptors (Lipinski definition) is 7. The molecular formula is C30H27Cl2FN2O7. The molecule has 1 aromatic heterocycles. The average Bonchev–Trinajstić information content (AvgIpc) is 3.69. The Balaban J connectivity index is 1.62. The molecule has 220 valence electrons. The third-order valence-corrected chi connectivity index (χ3v) is 8.02. The monoisotopic (exact) mass is 616 g/mol. The molecule has 0 saturated heterocycles. The van der Waals surface area contributed by atoms with Crippen LogP contribution in [-0.4, -0.2) is 63.9 Å². The number of halogens is 3. The molecule has 1 unspecified atom stereocenters. The van der Waals surface area contributed by atoms with Gasteiger partial charge in [0.2, 0.25) is 5.78 Å². The van der Waals surface area contributed by atoms with Crippen molar-refractivity contribution in [3.05, 3.63) is 87.2 Å². The highest BCUT2D eigenvalue weighted by Gasteiger charge is 2.61. The number of aliphatic hydroxyl groups excluding tert-OH is 1. The largest absolute Gasteiger partial charge is 0.480 e. The lowest BCUT2D eigenvalue weighted by Gasteiger charge is -2.34. The maximum absolute atomic E-state index is 16.2. The zero-order valence-electron chi connectivity index (χ0n) is 22.5. The van der Waals surface area contributed by atoms with Crippen molar-refractivity contribution in [2.24, 2.45) is 5.41 Å². The van der Waals surface area contributed by atoms with Gasteiger partial charge in [0.25, 0.3) is 11.6 Å². The molecule has 2 heterocycles. The SMILES string of the molecule is CC(O)C(=O)[C@]1(OCC2(COCC(=O)O)CC2)c2ccc(-c3ccc(Cl)cc3)c(Cc3ccc(Cl)cn3)c2C(=O)N1F. The normalized spacial score (nSPS) is 19.5. The fourth-order valence-electron chi connectivity index (χ4n) is 5.13. The number of benzene rings is 2. The van der Waals surface area contributed by atoms with Crippen molar-refractivity contribution in [2.45, 2.75) is 38.0 Å². The van der Waals surface area contributed by atoms with Crippen LogP contribution in [-0.2, 0) is 31.2 Å². The van der Waals surface area contributed by atoms with Gasteiger partial charge in [-0.3, -0.25) is 14.6 Å². The summed E-state index contributed by atoms with van der Waals surface area (Å²) >= 11 is 12.1. The number of aliphatic hydroxyl groups is 1. The van der Waals surface area contributed by atoms with Gasteiger partial charge < -0.3 is 19.7 Å². The zero-order valence-corrected chi connectivity index (χ0v) is 24.0. The first-order chi connectivity index (χ1) is 20.0. The van der Waals surface area contributed by atoms with Crippen LogP contribution >= 0.6 is 23.2 Å². The van der Waals surface area contributed by atoms with Crippen molar-refractivity contribution < 1.29 is 38.6 Å². The number of ketones is 1. The van der Waals surface area contributed by atoms with Crippen LogP contribution in [0.2, 0.25) is 10.0 Å². The molecule has 1 saturated carbocycles. The molecule has 42 heavy (non-hydrogen) atoms. The summed E-state index contributed by atoms with van der Waals surface area (Å²) in [6, 6.07) is 13.3. The highest BCUT2D eigenvalue weighted by molar-refractivity contribution is 6.30. The van der Waals surface area contributed by atoms with E-state index in [1.807, 2.05) is 0 Å². The van der Waals surface area contributed by atoms with Gasteiger partial charge in [-0.2, -0.15) is 0 Å². The van der Waals surface area contributed by atoms with Gasteiger partial charge in [-0.25, -0.2) is 4.79 Å². The zero-order chi connectivity index (χ0) is 30.2. The van der Waals surface area contributed by atoms with E-state index in [-0.39, 0.29) is 35.9 Å². The molecule has 1 fully saturated rings. The maximum Gasteiger partial charge on any atom is 0.329 e. The summed E-state index contributed by atoms with van der Waals surface area (Å²) in [4.78, 5) is 42.5. The molecule has 5 rings (SSSR count). The molecule has 2 aromatic carbocycles. The first-order valence-electron chi connectivity index (χ1n) is 13.2. The summed E-state index contributed by atoms with van der Waals surface area (Å²) in [5.41, 5.74) is -1.15. The van der Waals surface area contributed by atoms with Crippen molar-refractivity contribution in [3.63, 3.8) is 0 Å². The molecule has 1 aliphatic carbocycles. The maximum atomic E-state index is 16.2. The summed E-state index contributed by atoms with van der Waals surface area (Å²) in [7, 11) is 0. The van der Waals surface area contributed by atoms with E-state index in [9.17, 15) is 19.5 Å². The summed E-state index contributed by atoms with van der Waals surface area (Å²) in [5, 5.41) is 19.9. The third-order valence-electron chi connectivity index (χ3n) is 7.54. The van der Waals surface area contributed by atoms with E-state index in [0.29, 0.717) is 45.3 Å². The van der Waals surface area contributed by atoms with Crippen molar-refractivity contribution >= 4 is 40.9 Å². The molecule has 2 atom stereocenters. The van der Waals surface area contributed by atoms with Gasteiger partial charge in [0.15, 0.2) is 0 Å². The molecule has 1 amide bonds. The van der Waals surface area contributed by atoms with Gasteiger partial charge in [-0.15, -0.1) is 5.12 Å². The number of amides is 1. The van der Waals surface area contributed by atoms with E-state index in [1.54, 1.807) is 42.5 Å². The second kappa shape index (κ2) is 11.7. The smallest absolute Gasteiger partial charge is 0.329 e. The third kappa shape index (κ3) is 5.65. The van der Waals surface area contributed by atoms with Crippen LogP contribution in [0.15, 0.2) is 54.7 Å². The Bertz CT molecular complexity index is 1530. The summed E-state index contributed by atoms with van der Waals surface area (Å²) in [5.74, 6) is -3.31. The topological polar surface area (TPSA) is 126 Å². The number of carboxylic acids is 1. The Kier molecular flexibility index (Phi) is 8.37. The highest BCUT2D eigenvalue weighted by Crippen LogP contribution is 2.51. The Morgan fingerprint density at radius 3 is 2.36 bits per heavy atom. The molecule has 1 aliphatic heterocycles. The number of nitrogens with zero attached hydrogens (tertiary/aromatic N) is 2. The molecule has 9 nitrogen and oxygen atoms in total. The predicted octanol–water partition coefficient (Wildman–Crippen LogP) is 4.99. The van der Waals surface area contributed by atoms with Crippen LogP contribution in [0, 0.1) is 5.41 Å². The number of rotatable bonds is 12. The van der Waals surface area contributed by atoms with E-state index in [4.69, 9.17) is 37.8 Å². The number of carbonyl (C=O) groups is 3. The van der Waals surface area contributed by atoms with Crippen LogP contribution in [0.1, 0.15) is 46.9 Å². The number of hydrogen-bond donors (Lipinski definition) is 2. The van der Waals surface area contributed by atoms with E-state index < -0.39 is 41.5 Å².